The molecule has 13 heteroatoms. The molecule has 0 radical (unpaired) electrons. The smallest absolute Gasteiger partial charge is 0.264 e. The molecule has 1 amide bonds. The molecule has 0 spiro atoms. The van der Waals surface area contributed by atoms with E-state index >= 15 is 0 Å². The van der Waals surface area contributed by atoms with E-state index in [2.05, 4.69) is 31.6 Å². The number of anilines is 1. The minimum Gasteiger partial charge on any atom is -0.487 e. The molecule has 1 N–H and O–H groups in total. The first kappa shape index (κ1) is 40.9. The van der Waals surface area contributed by atoms with Crippen molar-refractivity contribution in [1.29, 1.82) is 0 Å². The van der Waals surface area contributed by atoms with Gasteiger partial charge in [0.25, 0.3) is 15.9 Å². The van der Waals surface area contributed by atoms with E-state index in [4.69, 9.17) is 25.8 Å². The number of benzene rings is 2. The van der Waals surface area contributed by atoms with Crippen LogP contribution in [0, 0.1) is 11.8 Å². The summed E-state index contributed by atoms with van der Waals surface area (Å²) in [6.45, 7) is 13.3. The molecule has 1 aliphatic carbocycles. The van der Waals surface area contributed by atoms with Gasteiger partial charge >= 0.3 is 0 Å². The van der Waals surface area contributed by atoms with Crippen LogP contribution in [0.5, 0.6) is 5.75 Å². The lowest BCUT2D eigenvalue weighted by Gasteiger charge is -2.44. The fraction of sp³-hybridized carbons (Fsp3) is 0.634. The summed E-state index contributed by atoms with van der Waals surface area (Å²) in [5.74, 6) is 0.690. The van der Waals surface area contributed by atoms with Crippen molar-refractivity contribution in [1.82, 2.24) is 19.4 Å². The van der Waals surface area contributed by atoms with Crippen LogP contribution >= 0.6 is 11.6 Å². The van der Waals surface area contributed by atoms with Gasteiger partial charge in [-0.15, -0.1) is 0 Å². The Balaban J connectivity index is 1.27. The van der Waals surface area contributed by atoms with Crippen molar-refractivity contribution in [3.63, 3.8) is 0 Å². The zero-order valence-electron chi connectivity index (χ0n) is 32.6. The number of sulfonamides is 1. The molecule has 298 valence electrons. The lowest BCUT2D eigenvalue weighted by atomic mass is 9.70. The van der Waals surface area contributed by atoms with Crippen LogP contribution < -0.4 is 14.4 Å². The number of likely N-dealkylation sites (N-methyl/N-ethyl adjacent to an activating group) is 1. The zero-order chi connectivity index (χ0) is 38.3. The van der Waals surface area contributed by atoms with Gasteiger partial charge in [-0.2, -0.15) is 0 Å². The van der Waals surface area contributed by atoms with Crippen molar-refractivity contribution in [3.8, 4) is 5.75 Å². The molecule has 2 fully saturated rings. The fourth-order valence-corrected chi connectivity index (χ4v) is 9.33. The summed E-state index contributed by atoms with van der Waals surface area (Å²) in [5, 5.41) is 0.707. The zero-order valence-corrected chi connectivity index (χ0v) is 34.2. The molecule has 3 aliphatic heterocycles. The van der Waals surface area contributed by atoms with Gasteiger partial charge in [0.2, 0.25) is 0 Å². The first-order valence-electron chi connectivity index (χ1n) is 19.7. The largest absolute Gasteiger partial charge is 0.487 e. The Morgan fingerprint density at radius 2 is 1.72 bits per heavy atom. The molecule has 6 rings (SSSR count). The van der Waals surface area contributed by atoms with E-state index in [-0.39, 0.29) is 11.0 Å². The molecule has 1 saturated heterocycles. The van der Waals surface area contributed by atoms with Gasteiger partial charge in [0.1, 0.15) is 12.4 Å². The van der Waals surface area contributed by atoms with Gasteiger partial charge in [-0.05, 0) is 126 Å². The number of fused-ring (bicyclic) bond motifs is 3. The minimum absolute atomic E-state index is 0.0393. The third-order valence-electron chi connectivity index (χ3n) is 12.1. The van der Waals surface area contributed by atoms with Crippen molar-refractivity contribution in [3.05, 3.63) is 64.7 Å². The van der Waals surface area contributed by atoms with Crippen molar-refractivity contribution in [2.45, 2.75) is 75.5 Å². The van der Waals surface area contributed by atoms with E-state index in [0.29, 0.717) is 42.4 Å². The van der Waals surface area contributed by atoms with Gasteiger partial charge < -0.3 is 19.1 Å². The maximum absolute atomic E-state index is 13.8. The molecule has 3 heterocycles. The molecule has 1 saturated carbocycles. The predicted molar refractivity (Wildman–Crippen MR) is 214 cm³/mol. The highest BCUT2D eigenvalue weighted by Gasteiger charge is 2.39. The number of methoxy groups -OCH3 is 1. The number of carbonyl (C=O) groups is 1. The van der Waals surface area contributed by atoms with Gasteiger partial charge in [0.05, 0.1) is 35.4 Å². The van der Waals surface area contributed by atoms with E-state index in [1.165, 1.54) is 11.6 Å². The molecule has 2 aromatic carbocycles. The second kappa shape index (κ2) is 18.5. The summed E-state index contributed by atoms with van der Waals surface area (Å²) in [7, 11) is -0.569. The number of amides is 1. The SMILES string of the molecule is COCCN1CCCN(CCO[C@H]2/C=C/CN(C)C(C)(C)C(=O)NS(=O)(=O)c3ccc4c(c3)N(CCCCc3cc(Cl)ccc3CO4)C[C@@H]3CC[C@H]32)CC1. The van der Waals surface area contributed by atoms with Gasteiger partial charge in [-0.25, -0.2) is 13.1 Å². The molecule has 2 aromatic rings. The Bertz CT molecular complexity index is 1720. The summed E-state index contributed by atoms with van der Waals surface area (Å²) < 4.78 is 48.6. The summed E-state index contributed by atoms with van der Waals surface area (Å²) in [6, 6.07) is 10.9. The third-order valence-corrected chi connectivity index (χ3v) is 13.6. The fourth-order valence-electron chi connectivity index (χ4n) is 8.01. The van der Waals surface area contributed by atoms with Crippen LogP contribution in [0.25, 0.3) is 0 Å². The number of nitrogens with zero attached hydrogens (tertiary/aromatic N) is 4. The topological polar surface area (TPSA) is 104 Å². The highest BCUT2D eigenvalue weighted by atomic mass is 35.5. The van der Waals surface area contributed by atoms with Gasteiger partial charge in [0, 0.05) is 57.9 Å². The number of rotatable bonds is 7. The van der Waals surface area contributed by atoms with Crippen LogP contribution in [0.1, 0.15) is 57.1 Å². The second-order valence-electron chi connectivity index (χ2n) is 15.9. The monoisotopic (exact) mass is 785 g/mol. The molecule has 4 aliphatic rings. The minimum atomic E-state index is -4.17. The normalized spacial score (nSPS) is 26.5. The van der Waals surface area contributed by atoms with E-state index < -0.39 is 21.5 Å². The molecule has 0 aromatic heterocycles. The predicted octanol–water partition coefficient (Wildman–Crippen LogP) is 5.21. The first-order chi connectivity index (χ1) is 25.9. The van der Waals surface area contributed by atoms with Gasteiger partial charge in [-0.1, -0.05) is 29.8 Å². The first-order valence-corrected chi connectivity index (χ1v) is 21.6. The second-order valence-corrected chi connectivity index (χ2v) is 18.0. The Morgan fingerprint density at radius 1 is 0.944 bits per heavy atom. The quantitative estimate of drug-likeness (QED) is 0.377. The van der Waals surface area contributed by atoms with Gasteiger partial charge in [0.15, 0.2) is 0 Å². The van der Waals surface area contributed by atoms with Crippen molar-refractivity contribution >= 4 is 33.2 Å². The lowest BCUT2D eigenvalue weighted by Crippen LogP contribution is -2.54. The molecule has 0 unspecified atom stereocenters. The molecular formula is C41H60ClN5O6S. The maximum atomic E-state index is 13.8. The van der Waals surface area contributed by atoms with Gasteiger partial charge in [-0.3, -0.25) is 19.5 Å². The number of halogens is 1. The van der Waals surface area contributed by atoms with Crippen molar-refractivity contribution in [2.24, 2.45) is 11.8 Å². The summed E-state index contributed by atoms with van der Waals surface area (Å²) in [5.41, 5.74) is 1.87. The van der Waals surface area contributed by atoms with Crippen molar-refractivity contribution in [2.75, 3.05) is 91.2 Å². The highest BCUT2D eigenvalue weighted by molar-refractivity contribution is 7.90. The lowest BCUT2D eigenvalue weighted by molar-refractivity contribution is -0.128. The number of hydrogen-bond acceptors (Lipinski definition) is 10. The highest BCUT2D eigenvalue weighted by Crippen LogP contribution is 2.42. The van der Waals surface area contributed by atoms with E-state index in [0.717, 1.165) is 109 Å². The Labute approximate surface area is 328 Å². The van der Waals surface area contributed by atoms with Crippen LogP contribution in [0.4, 0.5) is 5.69 Å². The molecule has 54 heavy (non-hydrogen) atoms. The molecule has 3 atom stereocenters. The average molecular weight is 786 g/mol. The number of aryl methyl sites for hydroxylation is 1. The summed E-state index contributed by atoms with van der Waals surface area (Å²) >= 11 is 6.39. The Kier molecular flexibility index (Phi) is 14.0. The molecule has 11 nitrogen and oxygen atoms in total. The summed E-state index contributed by atoms with van der Waals surface area (Å²) in [6.07, 6.45) is 10.2. The number of ether oxygens (including phenoxy) is 3. The Hall–Kier alpha value is -2.71. The van der Waals surface area contributed by atoms with E-state index in [1.54, 1.807) is 33.1 Å². The molecule has 2 bridgehead atoms. The standard InChI is InChI=1S/C41H60ClN5O6S/c1-41(2)40(48)43-54(49,50)35-14-16-39-37(28-35)47(20-6-5-9-31-27-34(42)13-11-33(31)30-53-39)29-32-12-15-36(32)38(10-7-17-44(41)3)52-26-24-46-19-8-18-45(21-22-46)23-25-51-4/h7,10-11,13-14,16,27-28,32,36,38H,5-6,8-9,12,15,17-26,29-30H2,1-4H3,(H,43,48)/b10-7+/t32-,36+,38-/m0/s1. The molecular weight excluding hydrogens is 726 g/mol. The van der Waals surface area contributed by atoms with E-state index in [9.17, 15) is 13.2 Å². The van der Waals surface area contributed by atoms with Crippen LogP contribution in [-0.4, -0.2) is 127 Å². The average Bonchev–Trinajstić information content (AvgIpc) is 3.38. The maximum Gasteiger partial charge on any atom is 0.264 e. The van der Waals surface area contributed by atoms with Crippen LogP contribution in [0.3, 0.4) is 0 Å². The van der Waals surface area contributed by atoms with E-state index in [1.807, 2.05) is 30.1 Å². The number of nitrogens with one attached hydrogen (secondary N) is 1. The van der Waals surface area contributed by atoms with Crippen LogP contribution in [0.2, 0.25) is 5.02 Å². The number of carbonyl (C=O) groups excluding carboxylic acids is 1. The van der Waals surface area contributed by atoms with Crippen molar-refractivity contribution < 1.29 is 27.4 Å². The third kappa shape index (κ3) is 10.2. The summed E-state index contributed by atoms with van der Waals surface area (Å²) in [4.78, 5) is 22.9. The number of hydrogen-bond donors (Lipinski definition) is 1. The van der Waals surface area contributed by atoms with Crippen LogP contribution in [0.15, 0.2) is 53.4 Å². The Morgan fingerprint density at radius 3 is 2.46 bits per heavy atom. The van der Waals surface area contributed by atoms with Crippen LogP contribution in [-0.2, 0) is 37.3 Å².